The first-order chi connectivity index (χ1) is 6.90. The van der Waals surface area contributed by atoms with Gasteiger partial charge in [-0.1, -0.05) is 31.6 Å². The Morgan fingerprint density at radius 3 is 2.00 bits per heavy atom. The Hall–Kier alpha value is -0.790. The molecule has 0 aromatic heterocycles. The molecule has 0 aliphatic heterocycles. The summed E-state index contributed by atoms with van der Waals surface area (Å²) in [7, 11) is -9.75. The molecule has 94 valence electrons. The summed E-state index contributed by atoms with van der Waals surface area (Å²) >= 11 is 0. The molecule has 0 heterocycles. The molecular formula is C8H9F5O2S. The zero-order valence-electron chi connectivity index (χ0n) is 7.82. The number of carboxylic acid groups (broad SMARTS) is 1. The average Bonchev–Trinajstić information content (AvgIpc) is 2.55. The van der Waals surface area contributed by atoms with Crippen LogP contribution in [0.1, 0.15) is 6.42 Å². The number of fused-ring (bicyclic) bond motifs is 2. The van der Waals surface area contributed by atoms with Gasteiger partial charge in [-0.3, -0.25) is 4.79 Å². The monoisotopic (exact) mass is 264 g/mol. The molecule has 2 nitrogen and oxygen atoms in total. The molecule has 0 saturated heterocycles. The number of hydrogen-bond acceptors (Lipinski definition) is 1. The van der Waals surface area contributed by atoms with E-state index in [9.17, 15) is 24.2 Å². The van der Waals surface area contributed by atoms with Crippen LogP contribution in [-0.2, 0) is 4.79 Å². The molecule has 2 rings (SSSR count). The van der Waals surface area contributed by atoms with E-state index in [-0.39, 0.29) is 6.42 Å². The van der Waals surface area contributed by atoms with Crippen molar-refractivity contribution in [1.82, 2.24) is 0 Å². The van der Waals surface area contributed by atoms with Gasteiger partial charge < -0.3 is 5.11 Å². The molecule has 0 spiro atoms. The first-order valence-electron chi connectivity index (χ1n) is 4.54. The fourth-order valence-corrected chi connectivity index (χ4v) is 4.44. The van der Waals surface area contributed by atoms with Gasteiger partial charge >= 0.3 is 5.97 Å². The van der Waals surface area contributed by atoms with Crippen molar-refractivity contribution in [2.45, 2.75) is 11.7 Å². The van der Waals surface area contributed by atoms with Crippen molar-refractivity contribution >= 4 is 16.2 Å². The first-order valence-corrected chi connectivity index (χ1v) is 6.55. The highest BCUT2D eigenvalue weighted by atomic mass is 32.5. The summed E-state index contributed by atoms with van der Waals surface area (Å²) in [5.74, 6) is -6.14. The Kier molecular flexibility index (Phi) is 1.75. The van der Waals surface area contributed by atoms with Crippen LogP contribution in [0.4, 0.5) is 19.4 Å². The number of carbonyl (C=O) groups is 1. The molecule has 2 aliphatic carbocycles. The van der Waals surface area contributed by atoms with Crippen molar-refractivity contribution in [1.29, 1.82) is 0 Å². The van der Waals surface area contributed by atoms with E-state index in [1.807, 2.05) is 0 Å². The van der Waals surface area contributed by atoms with Gasteiger partial charge in [0, 0.05) is 0 Å². The van der Waals surface area contributed by atoms with Crippen LogP contribution in [0.3, 0.4) is 0 Å². The lowest BCUT2D eigenvalue weighted by Gasteiger charge is -2.49. The van der Waals surface area contributed by atoms with Crippen molar-refractivity contribution in [3.63, 3.8) is 0 Å². The third-order valence-electron chi connectivity index (χ3n) is 3.19. The van der Waals surface area contributed by atoms with Crippen LogP contribution in [0.25, 0.3) is 0 Å². The van der Waals surface area contributed by atoms with Gasteiger partial charge in [0.05, 0.1) is 5.92 Å². The van der Waals surface area contributed by atoms with Crippen LogP contribution in [0.5, 0.6) is 0 Å². The van der Waals surface area contributed by atoms with E-state index in [0.717, 1.165) is 6.08 Å². The molecule has 2 aliphatic rings. The minimum absolute atomic E-state index is 0.146. The number of hydrogen-bond donors (Lipinski definition) is 1. The largest absolute Gasteiger partial charge is 0.481 e. The minimum atomic E-state index is -9.75. The average molecular weight is 264 g/mol. The lowest BCUT2D eigenvalue weighted by Crippen LogP contribution is -2.40. The van der Waals surface area contributed by atoms with Crippen LogP contribution in [0.2, 0.25) is 0 Å². The van der Waals surface area contributed by atoms with E-state index in [2.05, 4.69) is 0 Å². The van der Waals surface area contributed by atoms with Crippen molar-refractivity contribution in [3.05, 3.63) is 12.2 Å². The molecule has 1 saturated carbocycles. The standard InChI is InChI=1S/C8H9F5O2S/c9-16(10,11,12,13)7-5-2-1-4(3-5)6(7)8(14)15/h1-2,4-7H,3H2,(H,14,15)/t4-,5+,6-,7-/m1/s1. The van der Waals surface area contributed by atoms with Gasteiger partial charge in [0.2, 0.25) is 0 Å². The zero-order chi connectivity index (χ0) is 12.4. The van der Waals surface area contributed by atoms with E-state index in [4.69, 9.17) is 5.11 Å². The zero-order valence-corrected chi connectivity index (χ0v) is 8.64. The minimum Gasteiger partial charge on any atom is -0.481 e. The molecule has 0 radical (unpaired) electrons. The van der Waals surface area contributed by atoms with Crippen molar-refractivity contribution in [3.8, 4) is 0 Å². The summed E-state index contributed by atoms with van der Waals surface area (Å²) in [6, 6.07) is 0. The van der Waals surface area contributed by atoms with E-state index >= 15 is 0 Å². The van der Waals surface area contributed by atoms with Gasteiger partial charge in [-0.15, -0.1) is 0 Å². The predicted octanol–water partition coefficient (Wildman–Crippen LogP) is 3.56. The van der Waals surface area contributed by atoms with Crippen LogP contribution in [0, 0.1) is 17.8 Å². The van der Waals surface area contributed by atoms with E-state index in [0.29, 0.717) is 0 Å². The molecule has 8 heteroatoms. The lowest BCUT2D eigenvalue weighted by atomic mass is 9.93. The van der Waals surface area contributed by atoms with Crippen LogP contribution in [0.15, 0.2) is 12.2 Å². The summed E-state index contributed by atoms with van der Waals surface area (Å²) in [5.41, 5.74) is 0. The van der Waals surface area contributed by atoms with Gasteiger partial charge in [-0.25, -0.2) is 0 Å². The number of rotatable bonds is 2. The van der Waals surface area contributed by atoms with E-state index in [1.54, 1.807) is 0 Å². The van der Waals surface area contributed by atoms with Gasteiger partial charge in [-0.05, 0) is 18.3 Å². The summed E-state index contributed by atoms with van der Waals surface area (Å²) in [6.07, 6.45) is 2.21. The Balaban J connectivity index is 2.50. The molecule has 4 atom stereocenters. The molecule has 1 N–H and O–H groups in total. The molecule has 0 amide bonds. The molecule has 0 aromatic rings. The topological polar surface area (TPSA) is 37.3 Å². The van der Waals surface area contributed by atoms with Crippen molar-refractivity contribution in [2.75, 3.05) is 0 Å². The highest BCUT2D eigenvalue weighted by Crippen LogP contribution is 3.02. The summed E-state index contributed by atoms with van der Waals surface area (Å²) in [6.45, 7) is 0. The smallest absolute Gasteiger partial charge is 0.308 e. The van der Waals surface area contributed by atoms with Gasteiger partial charge in [-0.2, -0.15) is 0 Å². The van der Waals surface area contributed by atoms with Gasteiger partial charge in [0.25, 0.3) is 10.2 Å². The fraction of sp³-hybridized carbons (Fsp3) is 0.625. The predicted molar refractivity (Wildman–Crippen MR) is 48.8 cm³/mol. The van der Waals surface area contributed by atoms with Gasteiger partial charge in [0.15, 0.2) is 0 Å². The highest BCUT2D eigenvalue weighted by Gasteiger charge is 2.77. The summed E-state index contributed by atoms with van der Waals surface area (Å²) in [4.78, 5) is 10.7. The maximum Gasteiger partial charge on any atom is 0.308 e. The second kappa shape index (κ2) is 2.39. The SMILES string of the molecule is O=C(O)[C@H]1[C@H](S(F)(F)(F)(F)F)[C@H]2C=C[C@@H]1C2. The second-order valence-corrected chi connectivity index (χ2v) is 6.91. The van der Waals surface area contributed by atoms with Crippen LogP contribution in [-0.4, -0.2) is 16.3 Å². The Morgan fingerprint density at radius 1 is 1.12 bits per heavy atom. The number of carboxylic acids is 1. The van der Waals surface area contributed by atoms with Crippen molar-refractivity contribution < 1.29 is 29.3 Å². The van der Waals surface area contributed by atoms with Crippen LogP contribution >= 0.6 is 10.2 Å². The Morgan fingerprint density at radius 2 is 1.62 bits per heavy atom. The highest BCUT2D eigenvalue weighted by molar-refractivity contribution is 8.46. The Bertz CT molecular complexity index is 386. The quantitative estimate of drug-likeness (QED) is 0.611. The Labute approximate surface area is 87.8 Å². The molecule has 0 aromatic carbocycles. The second-order valence-electron chi connectivity index (χ2n) is 4.31. The maximum absolute atomic E-state index is 12.7. The summed E-state index contributed by atoms with van der Waals surface area (Å²) in [5, 5.41) is 5.64. The third-order valence-corrected chi connectivity index (χ3v) is 4.86. The normalized spacial score (nSPS) is 41.8. The number of halogens is 5. The molecule has 2 bridgehead atoms. The van der Waals surface area contributed by atoms with Crippen LogP contribution < -0.4 is 0 Å². The molecule has 16 heavy (non-hydrogen) atoms. The summed E-state index contributed by atoms with van der Waals surface area (Å²) < 4.78 is 63.5. The molecule has 1 fully saturated rings. The number of allylic oxidation sites excluding steroid dienone is 2. The molecular weight excluding hydrogens is 255 g/mol. The van der Waals surface area contributed by atoms with E-state index in [1.165, 1.54) is 6.08 Å². The number of aliphatic carboxylic acids is 1. The maximum atomic E-state index is 12.7. The van der Waals surface area contributed by atoms with E-state index < -0.39 is 39.2 Å². The lowest BCUT2D eigenvalue weighted by molar-refractivity contribution is -0.142. The fourth-order valence-electron chi connectivity index (χ4n) is 2.71. The first kappa shape index (κ1) is 11.7. The third kappa shape index (κ3) is 1.68. The van der Waals surface area contributed by atoms with Gasteiger partial charge in [0.1, 0.15) is 5.25 Å². The van der Waals surface area contributed by atoms with Crippen molar-refractivity contribution in [2.24, 2.45) is 17.8 Å². The molecule has 0 unspecified atom stereocenters.